The first-order valence-corrected chi connectivity index (χ1v) is 25.2. The Hall–Kier alpha value is -9.50. The minimum Gasteiger partial charge on any atom is -0.455 e. The van der Waals surface area contributed by atoms with Crippen molar-refractivity contribution in [2.24, 2.45) is 0 Å². The van der Waals surface area contributed by atoms with Crippen molar-refractivity contribution in [1.82, 2.24) is 0 Å². The molecule has 342 valence electrons. The van der Waals surface area contributed by atoms with Gasteiger partial charge in [-0.3, -0.25) is 0 Å². The molecular formula is C71H47NO. The van der Waals surface area contributed by atoms with Crippen LogP contribution >= 0.6 is 0 Å². The predicted molar refractivity (Wildman–Crippen MR) is 305 cm³/mol. The number of anilines is 3. The van der Waals surface area contributed by atoms with Gasteiger partial charge in [-0.05, 0) is 126 Å². The van der Waals surface area contributed by atoms with Crippen LogP contribution in [0.4, 0.5) is 17.1 Å². The second kappa shape index (κ2) is 17.4. The summed E-state index contributed by atoms with van der Waals surface area (Å²) in [6, 6.07) is 104. The maximum atomic E-state index is 6.51. The number of hydrogen-bond acceptors (Lipinski definition) is 2. The maximum absolute atomic E-state index is 6.51. The highest BCUT2D eigenvalue weighted by molar-refractivity contribution is 6.09. The Kier molecular flexibility index (Phi) is 10.1. The van der Waals surface area contributed by atoms with E-state index in [2.05, 4.69) is 278 Å². The molecule has 0 aliphatic heterocycles. The lowest BCUT2D eigenvalue weighted by Gasteiger charge is -2.34. The molecule has 14 rings (SSSR count). The van der Waals surface area contributed by atoms with E-state index in [0.29, 0.717) is 0 Å². The Morgan fingerprint density at radius 1 is 0.288 bits per heavy atom. The fraction of sp³-hybridized carbons (Fsp3) is 0.0141. The third kappa shape index (κ3) is 6.94. The van der Waals surface area contributed by atoms with Crippen molar-refractivity contribution >= 4 is 49.8 Å². The Balaban J connectivity index is 0.888. The molecule has 0 bridgehead atoms. The highest BCUT2D eigenvalue weighted by Crippen LogP contribution is 2.58. The quantitative estimate of drug-likeness (QED) is 0.143. The molecule has 1 aliphatic carbocycles. The van der Waals surface area contributed by atoms with Crippen LogP contribution in [-0.4, -0.2) is 0 Å². The molecule has 1 aromatic heterocycles. The van der Waals surface area contributed by atoms with Gasteiger partial charge in [0, 0.05) is 33.4 Å². The Morgan fingerprint density at radius 3 is 1.53 bits per heavy atom. The van der Waals surface area contributed by atoms with Crippen LogP contribution in [-0.2, 0) is 5.41 Å². The summed E-state index contributed by atoms with van der Waals surface area (Å²) in [5.74, 6) is 0. The molecule has 0 amide bonds. The Bertz CT molecular complexity index is 4130. The molecule has 0 N–H and O–H groups in total. The van der Waals surface area contributed by atoms with Gasteiger partial charge >= 0.3 is 0 Å². The fourth-order valence-corrected chi connectivity index (χ4v) is 11.9. The smallest absolute Gasteiger partial charge is 0.143 e. The van der Waals surface area contributed by atoms with Gasteiger partial charge in [0.25, 0.3) is 0 Å². The van der Waals surface area contributed by atoms with Crippen molar-refractivity contribution in [3.63, 3.8) is 0 Å². The first-order chi connectivity index (χ1) is 36.2. The zero-order chi connectivity index (χ0) is 48.3. The second-order valence-corrected chi connectivity index (χ2v) is 19.1. The van der Waals surface area contributed by atoms with Gasteiger partial charge in [-0.25, -0.2) is 0 Å². The highest BCUT2D eigenvalue weighted by atomic mass is 16.3. The second-order valence-electron chi connectivity index (χ2n) is 19.1. The van der Waals surface area contributed by atoms with Gasteiger partial charge < -0.3 is 9.32 Å². The van der Waals surface area contributed by atoms with Gasteiger partial charge in [0.05, 0.1) is 5.41 Å². The predicted octanol–water partition coefficient (Wildman–Crippen LogP) is 19.2. The summed E-state index contributed by atoms with van der Waals surface area (Å²) in [6.07, 6.45) is 0. The summed E-state index contributed by atoms with van der Waals surface area (Å²) >= 11 is 0. The number of benzene rings is 12. The molecule has 0 spiro atoms. The molecule has 73 heavy (non-hydrogen) atoms. The van der Waals surface area contributed by atoms with Crippen molar-refractivity contribution < 1.29 is 4.42 Å². The number of fused-ring (bicyclic) bond motifs is 7. The molecule has 2 nitrogen and oxygen atoms in total. The molecule has 0 unspecified atom stereocenters. The molecule has 2 heteroatoms. The van der Waals surface area contributed by atoms with Gasteiger partial charge in [-0.15, -0.1) is 0 Å². The van der Waals surface area contributed by atoms with E-state index in [-0.39, 0.29) is 0 Å². The summed E-state index contributed by atoms with van der Waals surface area (Å²) in [6.45, 7) is 0. The molecule has 0 atom stereocenters. The summed E-state index contributed by atoms with van der Waals surface area (Å²) in [5.41, 5.74) is 21.5. The molecule has 1 heterocycles. The van der Waals surface area contributed by atoms with Crippen molar-refractivity contribution in [1.29, 1.82) is 0 Å². The molecular weight excluding hydrogens is 883 g/mol. The van der Waals surface area contributed by atoms with Crippen LogP contribution in [0.1, 0.15) is 22.3 Å². The van der Waals surface area contributed by atoms with Gasteiger partial charge in [-0.1, -0.05) is 243 Å². The zero-order valence-electron chi connectivity index (χ0n) is 40.0. The lowest BCUT2D eigenvalue weighted by Crippen LogP contribution is -2.28. The van der Waals surface area contributed by atoms with E-state index in [4.69, 9.17) is 4.42 Å². The average molecular weight is 930 g/mol. The van der Waals surface area contributed by atoms with Gasteiger partial charge in [0.2, 0.25) is 0 Å². The van der Waals surface area contributed by atoms with Crippen LogP contribution in [0.2, 0.25) is 0 Å². The summed E-state index contributed by atoms with van der Waals surface area (Å²) < 4.78 is 6.51. The van der Waals surface area contributed by atoms with E-state index in [1.807, 2.05) is 12.1 Å². The number of rotatable bonds is 9. The SMILES string of the molecule is c1ccc(C2(c3ccccc3)c3ccccc3-c3c(-c4cccc(N(c5ccc(-c6ccc(-c7cccc8ccccc78)cc6)cc5)c5ccc(-c6cccc7c6oc6ccccc67)cc5)c4)cccc32)cc1. The minimum absolute atomic E-state index is 0.486. The van der Waals surface area contributed by atoms with Crippen molar-refractivity contribution in [2.45, 2.75) is 5.41 Å². The van der Waals surface area contributed by atoms with Crippen LogP contribution in [0.25, 0.3) is 88.3 Å². The molecule has 1 aliphatic rings. The molecule has 0 saturated heterocycles. The van der Waals surface area contributed by atoms with Gasteiger partial charge in [0.15, 0.2) is 0 Å². The zero-order valence-corrected chi connectivity index (χ0v) is 40.0. The van der Waals surface area contributed by atoms with Crippen molar-refractivity contribution in [2.75, 3.05) is 4.90 Å². The Labute approximate surface area is 425 Å². The highest BCUT2D eigenvalue weighted by Gasteiger charge is 2.46. The third-order valence-corrected chi connectivity index (χ3v) is 15.2. The van der Waals surface area contributed by atoms with E-state index >= 15 is 0 Å². The minimum atomic E-state index is -0.486. The normalized spacial score (nSPS) is 12.5. The van der Waals surface area contributed by atoms with Crippen molar-refractivity contribution in [3.8, 4) is 55.6 Å². The number of para-hydroxylation sites is 2. The number of hydrogen-bond donors (Lipinski definition) is 0. The van der Waals surface area contributed by atoms with E-state index < -0.39 is 5.41 Å². The van der Waals surface area contributed by atoms with Crippen LogP contribution in [0, 0.1) is 0 Å². The van der Waals surface area contributed by atoms with Crippen LogP contribution < -0.4 is 4.90 Å². The molecule has 0 fully saturated rings. The summed E-state index contributed by atoms with van der Waals surface area (Å²) in [5, 5.41) is 4.77. The van der Waals surface area contributed by atoms with Crippen LogP contribution in [0.5, 0.6) is 0 Å². The average Bonchev–Trinajstić information content (AvgIpc) is 4.02. The number of furan rings is 1. The van der Waals surface area contributed by atoms with Crippen LogP contribution in [0.15, 0.2) is 290 Å². The summed E-state index contributed by atoms with van der Waals surface area (Å²) in [4.78, 5) is 2.39. The lowest BCUT2D eigenvalue weighted by atomic mass is 9.67. The van der Waals surface area contributed by atoms with Gasteiger partial charge in [-0.2, -0.15) is 0 Å². The largest absolute Gasteiger partial charge is 0.455 e. The topological polar surface area (TPSA) is 16.4 Å². The number of nitrogens with zero attached hydrogens (tertiary/aromatic N) is 1. The molecule has 0 saturated carbocycles. The standard InChI is InChI=1S/C71H47NO/c1-3-20-54(21-4-1)71(55-22-5-2-6-23-55)66-32-11-9-27-65(66)69-61(29-16-33-67(69)71)53-19-13-24-58(47-53)72(57-45-41-52(42-46-57)62-30-15-31-64-63-26-10-12-34-68(63)73-70(62)64)56-43-39-49(40-44-56)48-35-37-51(38-36-48)60-28-14-18-50-17-7-8-25-59(50)60/h1-47H. The van der Waals surface area contributed by atoms with Crippen molar-refractivity contribution in [3.05, 3.63) is 307 Å². The molecule has 0 radical (unpaired) electrons. The van der Waals surface area contributed by atoms with E-state index in [1.54, 1.807) is 0 Å². The first kappa shape index (κ1) is 42.4. The van der Waals surface area contributed by atoms with E-state index in [1.165, 1.54) is 66.4 Å². The molecule has 12 aromatic carbocycles. The van der Waals surface area contributed by atoms with Crippen LogP contribution in [0.3, 0.4) is 0 Å². The third-order valence-electron chi connectivity index (χ3n) is 15.2. The summed E-state index contributed by atoms with van der Waals surface area (Å²) in [7, 11) is 0. The molecule has 13 aromatic rings. The van der Waals surface area contributed by atoms with E-state index in [9.17, 15) is 0 Å². The first-order valence-electron chi connectivity index (χ1n) is 25.2. The monoisotopic (exact) mass is 929 g/mol. The fourth-order valence-electron chi connectivity index (χ4n) is 11.9. The maximum Gasteiger partial charge on any atom is 0.143 e. The Morgan fingerprint density at radius 2 is 0.781 bits per heavy atom. The van der Waals surface area contributed by atoms with Gasteiger partial charge in [0.1, 0.15) is 11.2 Å². The van der Waals surface area contributed by atoms with E-state index in [0.717, 1.165) is 61.3 Å². The lowest BCUT2D eigenvalue weighted by molar-refractivity contribution is 0.670.